The lowest BCUT2D eigenvalue weighted by molar-refractivity contribution is -0.117. The van der Waals surface area contributed by atoms with E-state index in [9.17, 15) is 14.7 Å². The van der Waals surface area contributed by atoms with Crippen LogP contribution in [0, 0.1) is 0 Å². The first-order valence-electron chi connectivity index (χ1n) is 11.8. The predicted molar refractivity (Wildman–Crippen MR) is 147 cm³/mol. The van der Waals surface area contributed by atoms with Crippen LogP contribution in [0.5, 0.6) is 5.75 Å². The lowest BCUT2D eigenvalue weighted by atomic mass is 9.97. The molecule has 0 aliphatic heterocycles. The minimum atomic E-state index is -0.967. The Morgan fingerprint density at radius 1 is 0.919 bits per heavy atom. The number of aromatic carboxylic acids is 1. The van der Waals surface area contributed by atoms with Crippen LogP contribution in [0.4, 0.5) is 5.69 Å². The van der Waals surface area contributed by atoms with Gasteiger partial charge in [0.25, 0.3) is 0 Å². The van der Waals surface area contributed by atoms with Gasteiger partial charge in [-0.25, -0.2) is 4.79 Å². The highest BCUT2D eigenvalue weighted by Crippen LogP contribution is 2.25. The number of rotatable bonds is 10. The first-order chi connectivity index (χ1) is 17.5. The SMILES string of the molecule is CC(C(=O)Nc1ccccc1Cc1ccccc1C(=O)O)c1ccc(OCCc2cccnc2)cc1.Cl. The first kappa shape index (κ1) is 27.4. The number of para-hydroxylation sites is 1. The van der Waals surface area contributed by atoms with Crippen molar-refractivity contribution >= 4 is 30.0 Å². The monoisotopic (exact) mass is 516 g/mol. The van der Waals surface area contributed by atoms with Gasteiger partial charge in [0, 0.05) is 30.9 Å². The highest BCUT2D eigenvalue weighted by atomic mass is 35.5. The van der Waals surface area contributed by atoms with Crippen molar-refractivity contribution in [2.75, 3.05) is 11.9 Å². The van der Waals surface area contributed by atoms with Crippen molar-refractivity contribution in [3.63, 3.8) is 0 Å². The van der Waals surface area contributed by atoms with E-state index in [0.29, 0.717) is 24.3 Å². The number of carbonyl (C=O) groups is 2. The fraction of sp³-hybridized carbons (Fsp3) is 0.167. The summed E-state index contributed by atoms with van der Waals surface area (Å²) in [7, 11) is 0. The van der Waals surface area contributed by atoms with Crippen LogP contribution in [0.15, 0.2) is 97.3 Å². The third-order valence-corrected chi connectivity index (χ3v) is 6.06. The molecule has 190 valence electrons. The molecule has 0 radical (unpaired) electrons. The zero-order valence-corrected chi connectivity index (χ0v) is 21.3. The molecule has 3 aromatic carbocycles. The number of amides is 1. The quantitative estimate of drug-likeness (QED) is 0.263. The number of anilines is 1. The van der Waals surface area contributed by atoms with Crippen LogP contribution in [0.25, 0.3) is 0 Å². The maximum Gasteiger partial charge on any atom is 0.335 e. The van der Waals surface area contributed by atoms with Gasteiger partial charge in [-0.05, 0) is 59.5 Å². The summed E-state index contributed by atoms with van der Waals surface area (Å²) in [6.07, 6.45) is 4.75. The topological polar surface area (TPSA) is 88.5 Å². The van der Waals surface area contributed by atoms with E-state index in [1.54, 1.807) is 24.4 Å². The van der Waals surface area contributed by atoms with Crippen molar-refractivity contribution < 1.29 is 19.4 Å². The Hall–Kier alpha value is -4.16. The molecule has 1 amide bonds. The van der Waals surface area contributed by atoms with Crippen molar-refractivity contribution in [3.05, 3.63) is 125 Å². The number of hydrogen-bond donors (Lipinski definition) is 2. The van der Waals surface area contributed by atoms with Crippen LogP contribution in [0.1, 0.15) is 45.5 Å². The number of carboxylic acid groups (broad SMARTS) is 1. The molecule has 0 bridgehead atoms. The fourth-order valence-corrected chi connectivity index (χ4v) is 3.96. The molecule has 0 aliphatic carbocycles. The van der Waals surface area contributed by atoms with E-state index in [0.717, 1.165) is 28.9 Å². The van der Waals surface area contributed by atoms with Gasteiger partial charge in [0.05, 0.1) is 18.1 Å². The summed E-state index contributed by atoms with van der Waals surface area (Å²) in [5.41, 5.74) is 4.47. The minimum absolute atomic E-state index is 0. The molecular formula is C30H29ClN2O4. The molecule has 4 aromatic rings. The van der Waals surface area contributed by atoms with Crippen molar-refractivity contribution in [1.29, 1.82) is 0 Å². The average molecular weight is 517 g/mol. The number of halogens is 1. The van der Waals surface area contributed by atoms with Gasteiger partial charge in [-0.15, -0.1) is 12.4 Å². The normalized spacial score (nSPS) is 11.2. The van der Waals surface area contributed by atoms with Gasteiger partial charge in [-0.2, -0.15) is 0 Å². The van der Waals surface area contributed by atoms with Gasteiger partial charge in [0.1, 0.15) is 5.75 Å². The summed E-state index contributed by atoms with van der Waals surface area (Å²) in [5.74, 6) is -0.740. The van der Waals surface area contributed by atoms with Crippen molar-refractivity contribution in [2.24, 2.45) is 0 Å². The number of carboxylic acids is 1. The summed E-state index contributed by atoms with van der Waals surface area (Å²) in [6.45, 7) is 2.40. The number of aromatic nitrogens is 1. The van der Waals surface area contributed by atoms with Crippen molar-refractivity contribution in [3.8, 4) is 5.75 Å². The third-order valence-electron chi connectivity index (χ3n) is 6.06. The number of nitrogens with zero attached hydrogens (tertiary/aromatic N) is 1. The first-order valence-corrected chi connectivity index (χ1v) is 11.8. The smallest absolute Gasteiger partial charge is 0.335 e. The Morgan fingerprint density at radius 3 is 2.32 bits per heavy atom. The minimum Gasteiger partial charge on any atom is -0.493 e. The second-order valence-corrected chi connectivity index (χ2v) is 8.54. The molecule has 4 rings (SSSR count). The standard InChI is InChI=1S/C30H28N2O4.ClH/c1-21(23-12-14-26(15-13-23)36-18-16-22-7-6-17-31-20-22)29(33)32-28-11-5-3-9-25(28)19-24-8-2-4-10-27(24)30(34)35;/h2-15,17,20-21H,16,18-19H2,1H3,(H,32,33)(H,34,35);1H. The lowest BCUT2D eigenvalue weighted by Crippen LogP contribution is -2.20. The van der Waals surface area contributed by atoms with Crippen molar-refractivity contribution in [1.82, 2.24) is 4.98 Å². The Labute approximate surface area is 222 Å². The lowest BCUT2D eigenvalue weighted by Gasteiger charge is -2.16. The van der Waals surface area contributed by atoms with E-state index < -0.39 is 5.97 Å². The van der Waals surface area contributed by atoms with Gasteiger partial charge in [-0.1, -0.05) is 54.6 Å². The van der Waals surface area contributed by atoms with Crippen LogP contribution in [-0.2, 0) is 17.6 Å². The Morgan fingerprint density at radius 2 is 1.62 bits per heavy atom. The van der Waals surface area contributed by atoms with Gasteiger partial charge in [-0.3, -0.25) is 9.78 Å². The maximum atomic E-state index is 13.1. The predicted octanol–water partition coefficient (Wildman–Crippen LogP) is 6.16. The molecule has 1 atom stereocenters. The van der Waals surface area contributed by atoms with Gasteiger partial charge in [0.15, 0.2) is 0 Å². The van der Waals surface area contributed by atoms with Gasteiger partial charge < -0.3 is 15.2 Å². The van der Waals surface area contributed by atoms with Crippen LogP contribution >= 0.6 is 12.4 Å². The molecular weight excluding hydrogens is 488 g/mol. The second kappa shape index (κ2) is 13.2. The number of pyridine rings is 1. The molecule has 1 heterocycles. The second-order valence-electron chi connectivity index (χ2n) is 8.54. The molecule has 0 spiro atoms. The molecule has 1 aromatic heterocycles. The summed E-state index contributed by atoms with van der Waals surface area (Å²) in [6, 6.07) is 25.9. The molecule has 0 fully saturated rings. The molecule has 2 N–H and O–H groups in total. The van der Waals surface area contributed by atoms with Crippen LogP contribution in [0.2, 0.25) is 0 Å². The summed E-state index contributed by atoms with van der Waals surface area (Å²) >= 11 is 0. The number of nitrogens with one attached hydrogen (secondary N) is 1. The highest BCUT2D eigenvalue weighted by molar-refractivity contribution is 5.96. The maximum absolute atomic E-state index is 13.1. The van der Waals surface area contributed by atoms with Crippen LogP contribution in [0.3, 0.4) is 0 Å². The Bertz CT molecular complexity index is 1330. The molecule has 0 saturated carbocycles. The van der Waals surface area contributed by atoms with E-state index in [2.05, 4.69) is 10.3 Å². The molecule has 1 unspecified atom stereocenters. The molecule has 6 nitrogen and oxygen atoms in total. The zero-order valence-electron chi connectivity index (χ0n) is 20.5. The average Bonchev–Trinajstić information content (AvgIpc) is 2.90. The molecule has 0 aliphatic rings. The zero-order chi connectivity index (χ0) is 25.3. The van der Waals surface area contributed by atoms with Crippen LogP contribution in [-0.4, -0.2) is 28.6 Å². The molecule has 7 heteroatoms. The largest absolute Gasteiger partial charge is 0.493 e. The van der Waals surface area contributed by atoms with E-state index in [1.165, 1.54) is 0 Å². The van der Waals surface area contributed by atoms with E-state index in [4.69, 9.17) is 4.74 Å². The number of ether oxygens (including phenoxy) is 1. The Balaban J connectivity index is 0.00000380. The fourth-order valence-electron chi connectivity index (χ4n) is 3.96. The van der Waals surface area contributed by atoms with Gasteiger partial charge in [0.2, 0.25) is 5.91 Å². The van der Waals surface area contributed by atoms with Crippen molar-refractivity contribution in [2.45, 2.75) is 25.7 Å². The number of benzene rings is 3. The number of carbonyl (C=O) groups excluding carboxylic acids is 1. The summed E-state index contributed by atoms with van der Waals surface area (Å²) in [5, 5.41) is 12.5. The molecule has 0 saturated heterocycles. The van der Waals surface area contributed by atoms with E-state index >= 15 is 0 Å². The van der Waals surface area contributed by atoms with E-state index in [-0.39, 0.29) is 29.8 Å². The summed E-state index contributed by atoms with van der Waals surface area (Å²) < 4.78 is 5.83. The van der Waals surface area contributed by atoms with Crippen LogP contribution < -0.4 is 10.1 Å². The van der Waals surface area contributed by atoms with E-state index in [1.807, 2.05) is 79.9 Å². The molecule has 37 heavy (non-hydrogen) atoms. The highest BCUT2D eigenvalue weighted by Gasteiger charge is 2.18. The summed E-state index contributed by atoms with van der Waals surface area (Å²) in [4.78, 5) is 28.8. The Kier molecular flexibility index (Phi) is 9.81. The third kappa shape index (κ3) is 7.41. The number of hydrogen-bond acceptors (Lipinski definition) is 4. The van der Waals surface area contributed by atoms with Gasteiger partial charge >= 0.3 is 5.97 Å².